The van der Waals surface area contributed by atoms with E-state index < -0.39 is 65.3 Å². The maximum absolute atomic E-state index is 14.4. The number of Topliss-reactive ketones (excluding diaryl/α,β-unsaturated/α-hetero) is 1. The molecule has 3 heterocycles. The molecule has 0 spiro atoms. The number of ether oxygens (including phenoxy) is 5. The van der Waals surface area contributed by atoms with Crippen molar-refractivity contribution in [2.75, 3.05) is 39.0 Å². The highest BCUT2D eigenvalue weighted by Crippen LogP contribution is 2.49. The molecular weight excluding hydrogens is 861 g/mol. The number of carbonyl (C=O) groups excluding carboxylic acids is 5. The van der Waals surface area contributed by atoms with E-state index in [4.69, 9.17) is 29.4 Å². The molecule has 3 amide bonds. The molecule has 0 aliphatic carbocycles. The Hall–Kier alpha value is -3.61. The van der Waals surface area contributed by atoms with Gasteiger partial charge in [0, 0.05) is 62.4 Å². The number of aliphatic hydroxyl groups is 1. The summed E-state index contributed by atoms with van der Waals surface area (Å²) >= 11 is 0. The summed E-state index contributed by atoms with van der Waals surface area (Å²) in [6.45, 7) is 16.8. The average Bonchev–Trinajstić information content (AvgIpc) is 3.94. The zero-order valence-corrected chi connectivity index (χ0v) is 41.7. The lowest BCUT2D eigenvalue weighted by Crippen LogP contribution is -2.63. The number of allylic oxidation sites excluding steroid dienone is 3. The molecule has 0 radical (unpaired) electrons. The maximum Gasteiger partial charge on any atom is 0.409 e. The molecule has 15 nitrogen and oxygen atoms in total. The van der Waals surface area contributed by atoms with Crippen LogP contribution in [0.4, 0.5) is 10.5 Å². The van der Waals surface area contributed by atoms with Gasteiger partial charge in [-0.1, -0.05) is 59.2 Å². The molecule has 4 bridgehead atoms. The zero-order valence-electron chi connectivity index (χ0n) is 40.0. The van der Waals surface area contributed by atoms with Gasteiger partial charge in [-0.2, -0.15) is 0 Å². The van der Waals surface area contributed by atoms with E-state index in [1.165, 1.54) is 16.9 Å². The Bertz CT molecular complexity index is 1940. The summed E-state index contributed by atoms with van der Waals surface area (Å²) in [5.74, 6) is -0.425. The SMILES string of the molecule is CCC(C)(N)C(=O)CCCSSC(C)(C)CCC(=O)N(C)[C@@H](C)C(=O)OC1CC(=O)N(C)c2cc(cc(OC)c2C)C/C(C)=C/C=C/C(OC)C2(O)CC(OC(=O)N2)C(C)C2OC12C. The van der Waals surface area contributed by atoms with Gasteiger partial charge in [-0.05, 0) is 91.8 Å². The fourth-order valence-electron chi connectivity index (χ4n) is 8.08. The molecule has 3 aliphatic heterocycles. The van der Waals surface area contributed by atoms with Crippen molar-refractivity contribution in [3.63, 3.8) is 0 Å². The smallest absolute Gasteiger partial charge is 0.409 e. The fraction of sp³-hybridized carbons (Fsp3) is 0.681. The number of methoxy groups -OCH3 is 2. The molecule has 358 valence electrons. The number of amides is 3. The Morgan fingerprint density at radius 2 is 1.84 bits per heavy atom. The first-order valence-electron chi connectivity index (χ1n) is 22.1. The summed E-state index contributed by atoms with van der Waals surface area (Å²) in [4.78, 5) is 70.3. The molecule has 8 unspecified atom stereocenters. The number of alkyl carbamates (subject to hydrolysis) is 1. The molecule has 17 heteroatoms. The van der Waals surface area contributed by atoms with Crippen LogP contribution in [0.3, 0.4) is 0 Å². The van der Waals surface area contributed by atoms with Crippen LogP contribution in [0.1, 0.15) is 111 Å². The minimum atomic E-state index is -1.83. The van der Waals surface area contributed by atoms with Gasteiger partial charge in [0.25, 0.3) is 0 Å². The molecule has 2 saturated heterocycles. The number of ketones is 1. The molecule has 64 heavy (non-hydrogen) atoms. The molecule has 9 atom stereocenters. The third-order valence-corrected chi connectivity index (χ3v) is 16.5. The van der Waals surface area contributed by atoms with Crippen molar-refractivity contribution >= 4 is 56.9 Å². The van der Waals surface area contributed by atoms with Crippen LogP contribution < -0.4 is 20.7 Å². The molecular formula is C47H72N4O11S2. The van der Waals surface area contributed by atoms with Gasteiger partial charge in [0.1, 0.15) is 35.7 Å². The second-order valence-corrected chi connectivity index (χ2v) is 21.8. The van der Waals surface area contributed by atoms with Crippen LogP contribution in [0, 0.1) is 12.8 Å². The third-order valence-electron chi connectivity index (χ3n) is 13.1. The first kappa shape index (κ1) is 53.0. The second kappa shape index (κ2) is 21.8. The monoisotopic (exact) mass is 932 g/mol. The van der Waals surface area contributed by atoms with E-state index in [1.807, 2.05) is 45.9 Å². The number of nitrogens with zero attached hydrogens (tertiary/aromatic N) is 2. The predicted octanol–water partition coefficient (Wildman–Crippen LogP) is 6.59. The second-order valence-electron chi connectivity index (χ2n) is 18.7. The quantitative estimate of drug-likeness (QED) is 0.0695. The van der Waals surface area contributed by atoms with Crippen molar-refractivity contribution in [1.29, 1.82) is 0 Å². The van der Waals surface area contributed by atoms with E-state index >= 15 is 0 Å². The van der Waals surface area contributed by atoms with Crippen molar-refractivity contribution in [3.05, 3.63) is 47.1 Å². The number of hydrogen-bond acceptors (Lipinski definition) is 14. The van der Waals surface area contributed by atoms with E-state index in [0.29, 0.717) is 43.5 Å². The van der Waals surface area contributed by atoms with Crippen LogP contribution in [0.15, 0.2) is 35.9 Å². The molecule has 0 saturated carbocycles. The summed E-state index contributed by atoms with van der Waals surface area (Å²) in [5.41, 5.74) is 5.44. The minimum Gasteiger partial charge on any atom is -0.496 e. The summed E-state index contributed by atoms with van der Waals surface area (Å²) in [6.07, 6.45) is 3.56. The van der Waals surface area contributed by atoms with Crippen LogP contribution >= 0.6 is 21.6 Å². The molecule has 4 rings (SSSR count). The number of fused-ring (bicyclic) bond motifs is 5. The van der Waals surface area contributed by atoms with Crippen molar-refractivity contribution in [3.8, 4) is 5.75 Å². The van der Waals surface area contributed by atoms with Crippen LogP contribution in [-0.2, 0) is 44.5 Å². The summed E-state index contributed by atoms with van der Waals surface area (Å²) in [6, 6.07) is 2.84. The molecule has 3 aliphatic rings. The number of benzene rings is 1. The Balaban J connectivity index is 1.55. The summed E-state index contributed by atoms with van der Waals surface area (Å²) in [7, 11) is 9.55. The molecule has 4 N–H and O–H groups in total. The number of anilines is 1. The Kier molecular flexibility index (Phi) is 18.1. The van der Waals surface area contributed by atoms with Gasteiger partial charge in [-0.25, -0.2) is 9.59 Å². The van der Waals surface area contributed by atoms with E-state index in [-0.39, 0.29) is 41.6 Å². The highest BCUT2D eigenvalue weighted by molar-refractivity contribution is 8.77. The number of rotatable bonds is 16. The topological polar surface area (TPSA) is 200 Å². The fourth-order valence-corrected chi connectivity index (χ4v) is 10.7. The van der Waals surface area contributed by atoms with Gasteiger partial charge in [0.2, 0.25) is 11.8 Å². The molecule has 1 aromatic rings. The number of carbonyl (C=O) groups is 5. The first-order chi connectivity index (χ1) is 29.8. The third kappa shape index (κ3) is 13.1. The predicted molar refractivity (Wildman–Crippen MR) is 251 cm³/mol. The van der Waals surface area contributed by atoms with Crippen LogP contribution in [0.5, 0.6) is 5.75 Å². The summed E-state index contributed by atoms with van der Waals surface area (Å²) in [5, 5.41) is 14.4. The lowest BCUT2D eigenvalue weighted by atomic mass is 9.83. The Morgan fingerprint density at radius 1 is 1.16 bits per heavy atom. The molecule has 0 aromatic heterocycles. The first-order valence-corrected chi connectivity index (χ1v) is 24.4. The van der Waals surface area contributed by atoms with E-state index in [1.54, 1.807) is 75.7 Å². The zero-order chi connectivity index (χ0) is 47.9. The van der Waals surface area contributed by atoms with E-state index in [0.717, 1.165) is 22.5 Å². The van der Waals surface area contributed by atoms with Crippen molar-refractivity contribution < 1.29 is 52.8 Å². The van der Waals surface area contributed by atoms with Crippen molar-refractivity contribution in [2.24, 2.45) is 11.7 Å². The molecule has 1 aromatic carbocycles. The van der Waals surface area contributed by atoms with Crippen LogP contribution in [-0.4, -0.2) is 126 Å². The normalized spacial score (nSPS) is 29.1. The Morgan fingerprint density at radius 3 is 2.48 bits per heavy atom. The lowest BCUT2D eigenvalue weighted by molar-refractivity contribution is -0.162. The van der Waals surface area contributed by atoms with Gasteiger partial charge in [0.15, 0.2) is 11.5 Å². The van der Waals surface area contributed by atoms with Crippen molar-refractivity contribution in [1.82, 2.24) is 10.2 Å². The van der Waals surface area contributed by atoms with Crippen LogP contribution in [0.25, 0.3) is 0 Å². The standard InChI is InChI=1S/C47H72N4O11S2/c1-14-45(8,48)36(52)18-16-22-63-64-44(6,7)21-20-39(53)50(10)31(5)42(55)61-38-26-40(54)51(11)33-24-32(25-34(58-12)29(33)3)23-28(2)17-15-19-37(59-13)47(57)27-35(60-43(56)49-47)30(4)41-46(38,9)62-41/h15,17,19,24-25,30-31,35,37-38,41,57H,14,16,18,20-23,26-27,48H2,1-13H3,(H,49,56)/b19-15+,28-17+/t30?,31-,35?,37?,38?,41?,45?,46?,47?/m0/s1. The lowest BCUT2D eigenvalue weighted by Gasteiger charge is -2.42. The van der Waals surface area contributed by atoms with Gasteiger partial charge < -0.3 is 44.3 Å². The number of esters is 1. The Labute approximate surface area is 387 Å². The number of nitrogens with two attached hydrogens (primary N) is 1. The number of likely N-dealkylation sites (N-methyl/N-ethyl adjacent to an activating group) is 1. The van der Waals surface area contributed by atoms with Crippen LogP contribution in [0.2, 0.25) is 0 Å². The number of nitrogens with one attached hydrogen (secondary N) is 1. The highest BCUT2D eigenvalue weighted by atomic mass is 33.1. The highest BCUT2D eigenvalue weighted by Gasteiger charge is 2.64. The minimum absolute atomic E-state index is 0.0509. The van der Waals surface area contributed by atoms with Gasteiger partial charge in [-0.3, -0.25) is 19.7 Å². The average molecular weight is 933 g/mol. The van der Waals surface area contributed by atoms with E-state index in [9.17, 15) is 29.1 Å². The summed E-state index contributed by atoms with van der Waals surface area (Å²) < 4.78 is 29.4. The maximum atomic E-state index is 14.4. The largest absolute Gasteiger partial charge is 0.496 e. The number of epoxide rings is 1. The molecule has 2 fully saturated rings. The van der Waals surface area contributed by atoms with Gasteiger partial charge in [0.05, 0.1) is 30.9 Å². The van der Waals surface area contributed by atoms with Crippen molar-refractivity contribution in [2.45, 2.75) is 166 Å². The van der Waals surface area contributed by atoms with Gasteiger partial charge in [-0.15, -0.1) is 0 Å². The van der Waals surface area contributed by atoms with E-state index in [2.05, 4.69) is 19.2 Å². The van der Waals surface area contributed by atoms with Gasteiger partial charge >= 0.3 is 12.1 Å². The number of hydrogen-bond donors (Lipinski definition) is 3.